The third kappa shape index (κ3) is 4.36. The van der Waals surface area contributed by atoms with Crippen LogP contribution in [0.15, 0.2) is 42.5 Å². The van der Waals surface area contributed by atoms with E-state index in [1.54, 1.807) is 0 Å². The standard InChI is InChI=1S/C15H11ClF4O/c16-13(7-10-1-4-11(17)8-14(10)18)9-2-5-12(6-3-9)21-15(19)20/h1-6,8,13,15H,7H2. The first-order valence-corrected chi connectivity index (χ1v) is 6.52. The van der Waals surface area contributed by atoms with E-state index in [1.807, 2.05) is 0 Å². The highest BCUT2D eigenvalue weighted by Gasteiger charge is 2.13. The van der Waals surface area contributed by atoms with Crippen molar-refractivity contribution in [2.75, 3.05) is 0 Å². The van der Waals surface area contributed by atoms with Gasteiger partial charge < -0.3 is 4.74 Å². The summed E-state index contributed by atoms with van der Waals surface area (Å²) in [7, 11) is 0. The zero-order chi connectivity index (χ0) is 15.4. The molecule has 0 radical (unpaired) electrons. The van der Waals surface area contributed by atoms with Gasteiger partial charge in [-0.25, -0.2) is 8.78 Å². The highest BCUT2D eigenvalue weighted by Crippen LogP contribution is 2.28. The van der Waals surface area contributed by atoms with E-state index in [9.17, 15) is 17.6 Å². The fourth-order valence-electron chi connectivity index (χ4n) is 1.86. The number of rotatable bonds is 5. The molecule has 0 spiro atoms. The molecule has 2 aromatic rings. The van der Waals surface area contributed by atoms with E-state index >= 15 is 0 Å². The van der Waals surface area contributed by atoms with Gasteiger partial charge >= 0.3 is 6.61 Å². The average molecular weight is 319 g/mol. The van der Waals surface area contributed by atoms with Crippen molar-refractivity contribution in [3.63, 3.8) is 0 Å². The summed E-state index contributed by atoms with van der Waals surface area (Å²) in [5.74, 6) is -1.31. The Balaban J connectivity index is 2.07. The molecule has 2 aromatic carbocycles. The van der Waals surface area contributed by atoms with Gasteiger partial charge in [0.25, 0.3) is 0 Å². The number of halogens is 5. The summed E-state index contributed by atoms with van der Waals surface area (Å²) >= 11 is 6.16. The lowest BCUT2D eigenvalue weighted by molar-refractivity contribution is -0.0498. The molecule has 1 atom stereocenters. The number of hydrogen-bond donors (Lipinski definition) is 0. The molecule has 2 rings (SSSR count). The first kappa shape index (κ1) is 15.6. The van der Waals surface area contributed by atoms with Crippen molar-refractivity contribution < 1.29 is 22.3 Å². The van der Waals surface area contributed by atoms with Crippen LogP contribution in [0.3, 0.4) is 0 Å². The molecule has 0 bridgehead atoms. The summed E-state index contributed by atoms with van der Waals surface area (Å²) in [5, 5.41) is -0.564. The fraction of sp³-hybridized carbons (Fsp3) is 0.200. The summed E-state index contributed by atoms with van der Waals surface area (Å²) < 4.78 is 54.6. The Hall–Kier alpha value is -1.75. The van der Waals surface area contributed by atoms with E-state index in [0.717, 1.165) is 12.1 Å². The zero-order valence-corrected chi connectivity index (χ0v) is 11.5. The van der Waals surface area contributed by atoms with Crippen molar-refractivity contribution in [2.45, 2.75) is 18.4 Å². The molecule has 1 nitrogen and oxygen atoms in total. The molecule has 21 heavy (non-hydrogen) atoms. The lowest BCUT2D eigenvalue weighted by Crippen LogP contribution is -2.02. The Kier molecular flexibility index (Phi) is 5.07. The molecule has 0 aliphatic rings. The van der Waals surface area contributed by atoms with Crippen molar-refractivity contribution in [2.24, 2.45) is 0 Å². The van der Waals surface area contributed by atoms with Gasteiger partial charge in [0.05, 0.1) is 5.38 Å². The molecule has 1 unspecified atom stereocenters. The lowest BCUT2D eigenvalue weighted by atomic mass is 10.0. The lowest BCUT2D eigenvalue weighted by Gasteiger charge is -2.12. The van der Waals surface area contributed by atoms with Crippen LogP contribution in [0.5, 0.6) is 5.75 Å². The maximum atomic E-state index is 13.5. The van der Waals surface area contributed by atoms with Gasteiger partial charge in [-0.2, -0.15) is 8.78 Å². The number of alkyl halides is 3. The molecule has 0 amide bonds. The minimum atomic E-state index is -2.89. The largest absolute Gasteiger partial charge is 0.435 e. The summed E-state index contributed by atoms with van der Waals surface area (Å²) in [5.41, 5.74) is 0.909. The molecule has 0 saturated carbocycles. The third-order valence-electron chi connectivity index (χ3n) is 2.88. The van der Waals surface area contributed by atoms with Gasteiger partial charge in [-0.15, -0.1) is 11.6 Å². The van der Waals surface area contributed by atoms with Gasteiger partial charge in [0.2, 0.25) is 0 Å². The van der Waals surface area contributed by atoms with Crippen LogP contribution in [-0.2, 0) is 6.42 Å². The summed E-state index contributed by atoms with van der Waals surface area (Å²) in [6.07, 6.45) is 0.155. The van der Waals surface area contributed by atoms with Crippen LogP contribution < -0.4 is 4.74 Å². The topological polar surface area (TPSA) is 9.23 Å². The summed E-state index contributed by atoms with van der Waals surface area (Å²) in [4.78, 5) is 0. The van der Waals surface area contributed by atoms with Crippen LogP contribution in [0.25, 0.3) is 0 Å². The molecule has 0 aliphatic heterocycles. The predicted octanol–water partition coefficient (Wildman–Crippen LogP) is 5.09. The molecular weight excluding hydrogens is 308 g/mol. The highest BCUT2D eigenvalue weighted by molar-refractivity contribution is 6.20. The normalized spacial score (nSPS) is 12.5. The van der Waals surface area contributed by atoms with Crippen LogP contribution in [0.1, 0.15) is 16.5 Å². The van der Waals surface area contributed by atoms with Gasteiger partial charge in [0, 0.05) is 6.07 Å². The Morgan fingerprint density at radius 2 is 1.67 bits per heavy atom. The van der Waals surface area contributed by atoms with Crippen LogP contribution in [0, 0.1) is 11.6 Å². The Bertz CT molecular complexity index is 601. The Morgan fingerprint density at radius 3 is 2.24 bits per heavy atom. The minimum Gasteiger partial charge on any atom is -0.435 e. The molecule has 0 aromatic heterocycles. The first-order valence-electron chi connectivity index (χ1n) is 6.08. The smallest absolute Gasteiger partial charge is 0.387 e. The summed E-state index contributed by atoms with van der Waals surface area (Å²) in [6, 6.07) is 9.04. The van der Waals surface area contributed by atoms with Gasteiger partial charge in [0.1, 0.15) is 17.4 Å². The van der Waals surface area contributed by atoms with Crippen LogP contribution in [0.4, 0.5) is 17.6 Å². The van der Waals surface area contributed by atoms with E-state index < -0.39 is 23.6 Å². The highest BCUT2D eigenvalue weighted by atomic mass is 35.5. The van der Waals surface area contributed by atoms with E-state index in [4.69, 9.17) is 11.6 Å². The van der Waals surface area contributed by atoms with Gasteiger partial charge in [-0.05, 0) is 35.7 Å². The SMILES string of the molecule is Fc1ccc(CC(Cl)c2ccc(OC(F)F)cc2)c(F)c1. The Morgan fingerprint density at radius 1 is 1.00 bits per heavy atom. The van der Waals surface area contributed by atoms with Crippen molar-refractivity contribution in [3.05, 3.63) is 65.2 Å². The van der Waals surface area contributed by atoms with E-state index in [-0.39, 0.29) is 17.7 Å². The van der Waals surface area contributed by atoms with Crippen molar-refractivity contribution in [1.29, 1.82) is 0 Å². The fourth-order valence-corrected chi connectivity index (χ4v) is 2.17. The van der Waals surface area contributed by atoms with E-state index in [0.29, 0.717) is 5.56 Å². The molecule has 0 N–H and O–H groups in total. The quantitative estimate of drug-likeness (QED) is 0.551. The predicted molar refractivity (Wildman–Crippen MR) is 71.7 cm³/mol. The van der Waals surface area contributed by atoms with Crippen LogP contribution in [-0.4, -0.2) is 6.61 Å². The maximum Gasteiger partial charge on any atom is 0.387 e. The zero-order valence-electron chi connectivity index (χ0n) is 10.7. The second kappa shape index (κ2) is 6.80. The van der Waals surface area contributed by atoms with Crippen LogP contribution >= 0.6 is 11.6 Å². The number of ether oxygens (including phenoxy) is 1. The third-order valence-corrected chi connectivity index (χ3v) is 3.29. The van der Waals surface area contributed by atoms with E-state index in [2.05, 4.69) is 4.74 Å². The molecule has 112 valence electrons. The molecular formula is C15H11ClF4O. The molecule has 0 fully saturated rings. The molecule has 0 saturated heterocycles. The van der Waals surface area contributed by atoms with Gasteiger partial charge in [-0.3, -0.25) is 0 Å². The second-order valence-corrected chi connectivity index (χ2v) is 4.88. The van der Waals surface area contributed by atoms with Crippen molar-refractivity contribution >= 4 is 11.6 Å². The minimum absolute atomic E-state index is 0.0191. The first-order chi connectivity index (χ1) is 9.95. The molecule has 0 heterocycles. The molecule has 6 heteroatoms. The van der Waals surface area contributed by atoms with Crippen molar-refractivity contribution in [1.82, 2.24) is 0 Å². The van der Waals surface area contributed by atoms with E-state index in [1.165, 1.54) is 30.3 Å². The van der Waals surface area contributed by atoms with Crippen LogP contribution in [0.2, 0.25) is 0 Å². The van der Waals surface area contributed by atoms with Gasteiger partial charge in [-0.1, -0.05) is 18.2 Å². The second-order valence-electron chi connectivity index (χ2n) is 4.35. The number of hydrogen-bond acceptors (Lipinski definition) is 1. The van der Waals surface area contributed by atoms with Crippen molar-refractivity contribution in [3.8, 4) is 5.75 Å². The number of benzene rings is 2. The monoisotopic (exact) mass is 318 g/mol. The maximum absolute atomic E-state index is 13.5. The Labute approximate surface area is 124 Å². The molecule has 0 aliphatic carbocycles. The van der Waals surface area contributed by atoms with Gasteiger partial charge in [0.15, 0.2) is 0 Å². The average Bonchev–Trinajstić information content (AvgIpc) is 2.42. The summed E-state index contributed by atoms with van der Waals surface area (Å²) in [6.45, 7) is -2.89.